The van der Waals surface area contributed by atoms with E-state index in [1.165, 1.54) is 0 Å². The maximum absolute atomic E-state index is 11.2. The van der Waals surface area contributed by atoms with Crippen LogP contribution in [0.2, 0.25) is 0 Å². The van der Waals surface area contributed by atoms with E-state index in [2.05, 4.69) is 0 Å². The van der Waals surface area contributed by atoms with Gasteiger partial charge in [0, 0.05) is 21.8 Å². The van der Waals surface area contributed by atoms with E-state index in [9.17, 15) is 4.79 Å². The quantitative estimate of drug-likeness (QED) is 0.829. The summed E-state index contributed by atoms with van der Waals surface area (Å²) >= 11 is 1.68. The molecule has 0 bridgehead atoms. The van der Waals surface area contributed by atoms with Gasteiger partial charge >= 0.3 is 0 Å². The molecule has 0 saturated heterocycles. The summed E-state index contributed by atoms with van der Waals surface area (Å²) in [5, 5.41) is 0. The topological polar surface area (TPSA) is 52.3 Å². The molecule has 0 fully saturated rings. The summed E-state index contributed by atoms with van der Waals surface area (Å²) in [7, 11) is 0. The molecule has 1 aromatic carbocycles. The number of nitrogens with two attached hydrogens (primary N) is 1. The van der Waals surface area contributed by atoms with Gasteiger partial charge in [-0.15, -0.1) is 11.8 Å². The normalized spacial score (nSPS) is 15.3. The van der Waals surface area contributed by atoms with E-state index in [1.54, 1.807) is 30.2 Å². The van der Waals surface area contributed by atoms with Gasteiger partial charge in [-0.25, -0.2) is 0 Å². The Morgan fingerprint density at radius 2 is 2.20 bits per heavy atom. The van der Waals surface area contributed by atoms with Crippen molar-refractivity contribution in [3.05, 3.63) is 41.7 Å². The van der Waals surface area contributed by atoms with Gasteiger partial charge in [0.15, 0.2) is 0 Å². The van der Waals surface area contributed by atoms with Crippen molar-refractivity contribution in [2.75, 3.05) is 12.4 Å². The number of primary amides is 1. The molecule has 0 saturated carbocycles. The largest absolute Gasteiger partial charge is 0.499 e. The highest BCUT2D eigenvalue weighted by atomic mass is 32.2. The Labute approximate surface area is 92.3 Å². The first-order chi connectivity index (χ1) is 7.29. The number of amides is 1. The van der Waals surface area contributed by atoms with Crippen LogP contribution in [0, 0.1) is 0 Å². The first kappa shape index (κ1) is 10.1. The summed E-state index contributed by atoms with van der Waals surface area (Å²) in [6.07, 6.45) is 1.69. The Hall–Kier alpha value is -1.42. The molecule has 78 valence electrons. The van der Waals surface area contributed by atoms with E-state index >= 15 is 0 Å². The van der Waals surface area contributed by atoms with Gasteiger partial charge in [-0.05, 0) is 6.07 Å². The average Bonchev–Trinajstić information content (AvgIpc) is 2.30. The van der Waals surface area contributed by atoms with E-state index < -0.39 is 5.91 Å². The summed E-state index contributed by atoms with van der Waals surface area (Å²) in [6.45, 7) is 0.715. The van der Waals surface area contributed by atoms with Crippen molar-refractivity contribution in [3.8, 4) is 0 Å². The number of thioether (sulfide) groups is 1. The van der Waals surface area contributed by atoms with Crippen LogP contribution in [0.3, 0.4) is 0 Å². The van der Waals surface area contributed by atoms with Gasteiger partial charge in [0.25, 0.3) is 0 Å². The number of hydrogen-bond donors (Lipinski definition) is 1. The first-order valence-corrected chi connectivity index (χ1v) is 5.61. The number of carbonyl (C=O) groups is 1. The highest BCUT2D eigenvalue weighted by molar-refractivity contribution is 8.08. The molecule has 0 atom stereocenters. The van der Waals surface area contributed by atoms with Crippen molar-refractivity contribution < 1.29 is 9.53 Å². The number of carbonyl (C=O) groups excluding carboxylic acids is 1. The lowest BCUT2D eigenvalue weighted by Crippen LogP contribution is -2.13. The maximum atomic E-state index is 11.2. The van der Waals surface area contributed by atoms with Gasteiger partial charge in [0.2, 0.25) is 5.91 Å². The zero-order valence-electron chi connectivity index (χ0n) is 8.10. The van der Waals surface area contributed by atoms with E-state index in [-0.39, 0.29) is 0 Å². The average molecular weight is 221 g/mol. The Kier molecular flexibility index (Phi) is 2.97. The van der Waals surface area contributed by atoms with Crippen molar-refractivity contribution >= 4 is 22.6 Å². The molecule has 1 amide bonds. The second kappa shape index (κ2) is 4.40. The number of ether oxygens (including phenoxy) is 1. The molecule has 1 aliphatic heterocycles. The van der Waals surface area contributed by atoms with Gasteiger partial charge in [-0.3, -0.25) is 4.79 Å². The van der Waals surface area contributed by atoms with Crippen molar-refractivity contribution in [1.29, 1.82) is 0 Å². The Balaban J connectivity index is 2.42. The fraction of sp³-hybridized carbons (Fsp3) is 0.182. The molecule has 3 nitrogen and oxygen atoms in total. The van der Waals surface area contributed by atoms with Crippen molar-refractivity contribution in [2.45, 2.75) is 0 Å². The molecule has 2 rings (SSSR count). The predicted molar refractivity (Wildman–Crippen MR) is 61.3 cm³/mol. The monoisotopic (exact) mass is 221 g/mol. The number of hydrogen-bond acceptors (Lipinski definition) is 3. The minimum absolute atomic E-state index is 0.405. The molecule has 15 heavy (non-hydrogen) atoms. The molecule has 0 spiro atoms. The van der Waals surface area contributed by atoms with Crippen LogP contribution >= 0.6 is 11.8 Å². The second-order valence-electron chi connectivity index (χ2n) is 3.11. The molecule has 0 aliphatic carbocycles. The van der Waals surface area contributed by atoms with E-state index in [0.29, 0.717) is 12.2 Å². The third kappa shape index (κ3) is 2.15. The van der Waals surface area contributed by atoms with Crippen LogP contribution in [-0.4, -0.2) is 18.3 Å². The van der Waals surface area contributed by atoms with Gasteiger partial charge < -0.3 is 10.5 Å². The summed E-state index contributed by atoms with van der Waals surface area (Å²) in [6, 6.07) is 7.30. The molecular formula is C11H11NO2S. The minimum Gasteiger partial charge on any atom is -0.499 e. The number of rotatable bonds is 2. The predicted octanol–water partition coefficient (Wildman–Crippen LogP) is 1.85. The second-order valence-corrected chi connectivity index (χ2v) is 4.25. The lowest BCUT2D eigenvalue weighted by Gasteiger charge is -2.15. The standard InChI is InChI=1S/C11H11NO2S/c12-11(13)9-4-2-1-3-8(9)10-7-14-5-6-15-10/h1-4,7H,5-6H2,(H2,12,13). The molecule has 1 aromatic rings. The third-order valence-electron chi connectivity index (χ3n) is 2.11. The fourth-order valence-electron chi connectivity index (χ4n) is 1.42. The van der Waals surface area contributed by atoms with Crippen LogP contribution < -0.4 is 5.73 Å². The summed E-state index contributed by atoms with van der Waals surface area (Å²) in [5.41, 5.74) is 6.70. The van der Waals surface area contributed by atoms with E-state index in [1.807, 2.05) is 12.1 Å². The Morgan fingerprint density at radius 3 is 2.87 bits per heavy atom. The van der Waals surface area contributed by atoms with E-state index in [4.69, 9.17) is 10.5 Å². The van der Waals surface area contributed by atoms with Crippen molar-refractivity contribution in [3.63, 3.8) is 0 Å². The minimum atomic E-state index is -0.405. The van der Waals surface area contributed by atoms with Gasteiger partial charge in [0.05, 0.1) is 12.9 Å². The molecule has 0 unspecified atom stereocenters. The highest BCUT2D eigenvalue weighted by Crippen LogP contribution is 2.31. The van der Waals surface area contributed by atoms with Crippen LogP contribution in [-0.2, 0) is 4.74 Å². The highest BCUT2D eigenvalue weighted by Gasteiger charge is 2.14. The zero-order valence-corrected chi connectivity index (χ0v) is 8.92. The smallest absolute Gasteiger partial charge is 0.249 e. The lowest BCUT2D eigenvalue weighted by molar-refractivity contribution is 0.1000. The zero-order chi connectivity index (χ0) is 10.7. The molecule has 4 heteroatoms. The molecule has 1 heterocycles. The fourth-order valence-corrected chi connectivity index (χ4v) is 2.29. The summed E-state index contributed by atoms with van der Waals surface area (Å²) in [5.74, 6) is 0.497. The van der Waals surface area contributed by atoms with Crippen LogP contribution in [0.1, 0.15) is 15.9 Å². The van der Waals surface area contributed by atoms with Crippen LogP contribution in [0.15, 0.2) is 30.5 Å². The van der Waals surface area contributed by atoms with Gasteiger partial charge in [0.1, 0.15) is 0 Å². The van der Waals surface area contributed by atoms with Gasteiger partial charge in [-0.1, -0.05) is 18.2 Å². The third-order valence-corrected chi connectivity index (χ3v) is 3.11. The Morgan fingerprint density at radius 1 is 1.40 bits per heavy atom. The van der Waals surface area contributed by atoms with Crippen molar-refractivity contribution in [2.24, 2.45) is 5.73 Å². The molecule has 0 aromatic heterocycles. The van der Waals surface area contributed by atoms with Gasteiger partial charge in [-0.2, -0.15) is 0 Å². The SMILES string of the molecule is NC(=O)c1ccccc1C1=COCCS1. The summed E-state index contributed by atoms with van der Waals surface area (Å²) < 4.78 is 5.24. The van der Waals surface area contributed by atoms with Crippen molar-refractivity contribution in [1.82, 2.24) is 0 Å². The maximum Gasteiger partial charge on any atom is 0.249 e. The van der Waals surface area contributed by atoms with Crippen LogP contribution in [0.4, 0.5) is 0 Å². The van der Waals surface area contributed by atoms with E-state index in [0.717, 1.165) is 16.2 Å². The van der Waals surface area contributed by atoms with Crippen LogP contribution in [0.25, 0.3) is 4.91 Å². The lowest BCUT2D eigenvalue weighted by atomic mass is 10.1. The Bertz CT molecular complexity index is 415. The molecule has 1 aliphatic rings. The molecule has 0 radical (unpaired) electrons. The first-order valence-electron chi connectivity index (χ1n) is 4.63. The molecular weight excluding hydrogens is 210 g/mol. The molecule has 2 N–H and O–H groups in total. The summed E-state index contributed by atoms with van der Waals surface area (Å²) in [4.78, 5) is 12.2. The number of benzene rings is 1. The van der Waals surface area contributed by atoms with Crippen LogP contribution in [0.5, 0.6) is 0 Å².